The number of hydrogen-bond acceptors (Lipinski definition) is 4. The summed E-state index contributed by atoms with van der Waals surface area (Å²) in [5, 5.41) is 10.2. The fourth-order valence-corrected chi connectivity index (χ4v) is 3.83. The number of halogens is 1. The zero-order valence-corrected chi connectivity index (χ0v) is 19.7. The van der Waals surface area contributed by atoms with E-state index in [4.69, 9.17) is 21.1 Å². The monoisotopic (exact) mass is 464 g/mol. The van der Waals surface area contributed by atoms with Crippen LogP contribution < -0.4 is 0 Å². The van der Waals surface area contributed by atoms with Gasteiger partial charge in [0.25, 0.3) is 0 Å². The number of carbonyl (C=O) groups is 1. The molecule has 1 aliphatic rings. The summed E-state index contributed by atoms with van der Waals surface area (Å²) in [6, 6.07) is 22.8. The molecule has 0 amide bonds. The van der Waals surface area contributed by atoms with Gasteiger partial charge in [-0.25, -0.2) is 0 Å². The maximum Gasteiger partial charge on any atom is 0.184 e. The highest BCUT2D eigenvalue weighted by molar-refractivity contribution is 6.31. The first-order chi connectivity index (χ1) is 16.1. The third kappa shape index (κ3) is 6.95. The Morgan fingerprint density at radius 3 is 2.45 bits per heavy atom. The smallest absolute Gasteiger partial charge is 0.184 e. The normalized spacial score (nSPS) is 17.2. The number of hydrogen-bond donors (Lipinski definition) is 1. The number of rotatable bonds is 7. The van der Waals surface area contributed by atoms with Crippen LogP contribution in [0.1, 0.15) is 48.6 Å². The number of phenols is 1. The van der Waals surface area contributed by atoms with E-state index in [1.165, 1.54) is 0 Å². The molecule has 3 aromatic rings. The number of ether oxygens (including phenoxy) is 2. The number of carbonyl (C=O) groups excluding carboxylic acids is 1. The minimum atomic E-state index is -0.304. The minimum Gasteiger partial charge on any atom is -0.508 e. The van der Waals surface area contributed by atoms with Crippen molar-refractivity contribution in [2.24, 2.45) is 0 Å². The summed E-state index contributed by atoms with van der Waals surface area (Å²) in [5.41, 5.74) is 4.02. The molecular weight excluding hydrogens is 436 g/mol. The molecule has 5 heteroatoms. The van der Waals surface area contributed by atoms with Crippen molar-refractivity contribution < 1.29 is 19.4 Å². The highest BCUT2D eigenvalue weighted by Crippen LogP contribution is 2.34. The van der Waals surface area contributed by atoms with Crippen LogP contribution in [0, 0.1) is 0 Å². The molecule has 1 heterocycles. The Kier molecular flexibility index (Phi) is 9.11. The lowest BCUT2D eigenvalue weighted by molar-refractivity contribution is -0.110. The van der Waals surface area contributed by atoms with Gasteiger partial charge in [-0.05, 0) is 52.9 Å². The van der Waals surface area contributed by atoms with E-state index in [-0.39, 0.29) is 23.7 Å². The molecule has 3 aromatic carbocycles. The average Bonchev–Trinajstić information content (AvgIpc) is 2.87. The van der Waals surface area contributed by atoms with E-state index in [2.05, 4.69) is 0 Å². The standard InChI is InChI=1S/C26H23ClO4.C2H6/c27-25-11-8-20(13-21(25)12-18-6-9-22(29)10-7-18)26-15-23(14-24(16-28)31-26)30-17-19-4-2-1-3-5-19;1-2/h1-11,13-14,16,23,26,29H,12,15,17H2;1-2H3. The van der Waals surface area contributed by atoms with E-state index in [0.717, 1.165) is 28.5 Å². The molecule has 2 atom stereocenters. The highest BCUT2D eigenvalue weighted by Gasteiger charge is 2.26. The fourth-order valence-electron chi connectivity index (χ4n) is 3.64. The summed E-state index contributed by atoms with van der Waals surface area (Å²) in [5.74, 6) is 0.512. The average molecular weight is 465 g/mol. The van der Waals surface area contributed by atoms with Crippen molar-refractivity contribution in [2.75, 3.05) is 0 Å². The lowest BCUT2D eigenvalue weighted by Gasteiger charge is -2.28. The molecular formula is C28H29ClO4. The van der Waals surface area contributed by atoms with E-state index in [9.17, 15) is 9.90 Å². The summed E-state index contributed by atoms with van der Waals surface area (Å²) >= 11 is 6.44. The second-order valence-electron chi connectivity index (χ2n) is 7.56. The molecule has 4 rings (SSSR count). The quantitative estimate of drug-likeness (QED) is 0.391. The molecule has 4 nitrogen and oxygen atoms in total. The first kappa shape index (κ1) is 24.6. The molecule has 0 radical (unpaired) electrons. The van der Waals surface area contributed by atoms with Crippen LogP contribution in [0.15, 0.2) is 84.6 Å². The van der Waals surface area contributed by atoms with Crippen LogP contribution in [0.3, 0.4) is 0 Å². The molecule has 0 saturated heterocycles. The van der Waals surface area contributed by atoms with Gasteiger partial charge in [0.1, 0.15) is 11.9 Å². The van der Waals surface area contributed by atoms with Gasteiger partial charge >= 0.3 is 0 Å². The first-order valence-electron chi connectivity index (χ1n) is 11.2. The molecule has 172 valence electrons. The third-order valence-electron chi connectivity index (χ3n) is 5.27. The van der Waals surface area contributed by atoms with Gasteiger partial charge in [0.2, 0.25) is 0 Å². The van der Waals surface area contributed by atoms with Gasteiger partial charge in [-0.1, -0.05) is 80.0 Å². The lowest BCUT2D eigenvalue weighted by atomic mass is 9.96. The van der Waals surface area contributed by atoms with Crippen LogP contribution in [-0.2, 0) is 27.3 Å². The van der Waals surface area contributed by atoms with Crippen molar-refractivity contribution in [3.05, 3.63) is 112 Å². The fraction of sp³-hybridized carbons (Fsp3) is 0.250. The molecule has 0 aliphatic carbocycles. The van der Waals surface area contributed by atoms with Gasteiger partial charge in [0.05, 0.1) is 12.7 Å². The molecule has 33 heavy (non-hydrogen) atoms. The molecule has 0 aromatic heterocycles. The van der Waals surface area contributed by atoms with Crippen LogP contribution in [0.4, 0.5) is 0 Å². The second kappa shape index (κ2) is 12.2. The van der Waals surface area contributed by atoms with Crippen LogP contribution in [-0.4, -0.2) is 17.5 Å². The Morgan fingerprint density at radius 1 is 1.03 bits per heavy atom. The highest BCUT2D eigenvalue weighted by atomic mass is 35.5. The van der Waals surface area contributed by atoms with Crippen LogP contribution in [0.5, 0.6) is 5.75 Å². The van der Waals surface area contributed by atoms with E-state index in [1.54, 1.807) is 18.2 Å². The molecule has 0 saturated carbocycles. The van der Waals surface area contributed by atoms with Crippen LogP contribution >= 0.6 is 11.6 Å². The third-order valence-corrected chi connectivity index (χ3v) is 5.64. The van der Waals surface area contributed by atoms with Gasteiger partial charge in [0.15, 0.2) is 12.0 Å². The number of aromatic hydroxyl groups is 1. The molecule has 0 bridgehead atoms. The van der Waals surface area contributed by atoms with Gasteiger partial charge in [-0.3, -0.25) is 4.79 Å². The lowest BCUT2D eigenvalue weighted by Crippen LogP contribution is -2.22. The zero-order valence-electron chi connectivity index (χ0n) is 18.9. The summed E-state index contributed by atoms with van der Waals surface area (Å²) in [7, 11) is 0. The van der Waals surface area contributed by atoms with Crippen LogP contribution in [0.25, 0.3) is 0 Å². The maximum absolute atomic E-state index is 11.5. The van der Waals surface area contributed by atoms with Gasteiger partial charge in [-0.15, -0.1) is 0 Å². The first-order valence-corrected chi connectivity index (χ1v) is 11.5. The van der Waals surface area contributed by atoms with Crippen molar-refractivity contribution in [1.29, 1.82) is 0 Å². The topological polar surface area (TPSA) is 55.8 Å². The molecule has 1 aliphatic heterocycles. The number of aldehydes is 1. The Hall–Kier alpha value is -3.08. The largest absolute Gasteiger partial charge is 0.508 e. The number of allylic oxidation sites excluding steroid dienone is 1. The predicted molar refractivity (Wildman–Crippen MR) is 131 cm³/mol. The summed E-state index contributed by atoms with van der Waals surface area (Å²) in [4.78, 5) is 11.5. The summed E-state index contributed by atoms with van der Waals surface area (Å²) in [6.07, 6.45) is 3.16. The number of benzene rings is 3. The van der Waals surface area contributed by atoms with E-state index in [0.29, 0.717) is 24.5 Å². The van der Waals surface area contributed by atoms with Crippen molar-refractivity contribution in [3.63, 3.8) is 0 Å². The Labute approximate surface area is 200 Å². The molecule has 1 N–H and O–H groups in total. The Bertz CT molecular complexity index is 1060. The van der Waals surface area contributed by atoms with Crippen molar-refractivity contribution in [1.82, 2.24) is 0 Å². The predicted octanol–water partition coefficient (Wildman–Crippen LogP) is 6.79. The van der Waals surface area contributed by atoms with Gasteiger partial charge in [-0.2, -0.15) is 0 Å². The molecule has 0 spiro atoms. The molecule has 0 fully saturated rings. The van der Waals surface area contributed by atoms with Gasteiger partial charge < -0.3 is 14.6 Å². The zero-order chi connectivity index (χ0) is 23.6. The Morgan fingerprint density at radius 2 is 1.76 bits per heavy atom. The number of phenolic OH excluding ortho intramolecular Hbond substituents is 1. The van der Waals surface area contributed by atoms with Gasteiger partial charge in [0, 0.05) is 11.4 Å². The summed E-state index contributed by atoms with van der Waals surface area (Å²) in [6.45, 7) is 4.47. The molecule has 2 unspecified atom stereocenters. The second-order valence-corrected chi connectivity index (χ2v) is 7.97. The van der Waals surface area contributed by atoms with E-state index < -0.39 is 0 Å². The van der Waals surface area contributed by atoms with Crippen molar-refractivity contribution >= 4 is 17.9 Å². The Balaban J connectivity index is 0.00000149. The van der Waals surface area contributed by atoms with Crippen LogP contribution in [0.2, 0.25) is 5.02 Å². The van der Waals surface area contributed by atoms with E-state index in [1.807, 2.05) is 74.5 Å². The van der Waals surface area contributed by atoms with Crippen molar-refractivity contribution in [2.45, 2.75) is 45.5 Å². The summed E-state index contributed by atoms with van der Waals surface area (Å²) < 4.78 is 12.0. The maximum atomic E-state index is 11.5. The van der Waals surface area contributed by atoms with Crippen molar-refractivity contribution in [3.8, 4) is 5.75 Å². The van der Waals surface area contributed by atoms with E-state index >= 15 is 0 Å². The SMILES string of the molecule is CC.O=CC1=CC(OCc2ccccc2)CC(c2ccc(Cl)c(Cc3ccc(O)cc3)c2)O1. The minimum absolute atomic E-state index is 0.226.